The summed E-state index contributed by atoms with van der Waals surface area (Å²) in [6, 6.07) is 6.66. The van der Waals surface area contributed by atoms with E-state index in [9.17, 15) is 9.18 Å². The number of amides is 1. The first-order valence-electron chi connectivity index (χ1n) is 8.06. The summed E-state index contributed by atoms with van der Waals surface area (Å²) in [6.07, 6.45) is 6.33. The van der Waals surface area contributed by atoms with Gasteiger partial charge in [-0.15, -0.1) is 0 Å². The molecular weight excluding hydrogens is 295 g/mol. The van der Waals surface area contributed by atoms with Crippen LogP contribution in [0.5, 0.6) is 0 Å². The van der Waals surface area contributed by atoms with Gasteiger partial charge in [0.1, 0.15) is 11.5 Å². The monoisotopic (exact) mass is 314 g/mol. The summed E-state index contributed by atoms with van der Waals surface area (Å²) in [5.74, 6) is -0.276. The van der Waals surface area contributed by atoms with Crippen molar-refractivity contribution in [2.45, 2.75) is 31.3 Å². The molecule has 1 aromatic carbocycles. The third kappa shape index (κ3) is 2.53. The number of hydrogen-bond acceptors (Lipinski definition) is 3. The molecule has 0 spiro atoms. The molecule has 0 saturated carbocycles. The Morgan fingerprint density at radius 1 is 1.17 bits per heavy atom. The quantitative estimate of drug-likeness (QED) is 0.922. The van der Waals surface area contributed by atoms with Crippen molar-refractivity contribution in [2.24, 2.45) is 0 Å². The van der Waals surface area contributed by atoms with Crippen LogP contribution in [-0.2, 0) is 0 Å². The van der Waals surface area contributed by atoms with Gasteiger partial charge in [0.15, 0.2) is 0 Å². The number of rotatable bonds is 2. The van der Waals surface area contributed by atoms with Crippen molar-refractivity contribution in [1.82, 2.24) is 19.8 Å². The van der Waals surface area contributed by atoms with Crippen LogP contribution in [-0.4, -0.2) is 45.5 Å². The van der Waals surface area contributed by atoms with Gasteiger partial charge in [-0.2, -0.15) is 0 Å². The molecule has 2 fully saturated rings. The molecule has 2 unspecified atom stereocenters. The number of carbonyl (C=O) groups excluding carboxylic acids is 1. The molecule has 3 heterocycles. The molecule has 2 atom stereocenters. The second-order valence-electron chi connectivity index (χ2n) is 6.22. The molecule has 2 saturated heterocycles. The molecule has 2 aliphatic rings. The highest BCUT2D eigenvalue weighted by Crippen LogP contribution is 2.30. The third-order valence-corrected chi connectivity index (χ3v) is 4.85. The zero-order chi connectivity index (χ0) is 15.8. The maximum absolute atomic E-state index is 13.1. The minimum absolute atomic E-state index is 0.0167. The average molecular weight is 314 g/mol. The Bertz CT molecular complexity index is 698. The van der Waals surface area contributed by atoms with Crippen molar-refractivity contribution in [3.63, 3.8) is 0 Å². The van der Waals surface area contributed by atoms with E-state index in [4.69, 9.17) is 0 Å². The zero-order valence-corrected chi connectivity index (χ0v) is 12.8. The molecule has 2 bridgehead atoms. The van der Waals surface area contributed by atoms with Gasteiger partial charge < -0.3 is 10.2 Å². The second-order valence-corrected chi connectivity index (χ2v) is 6.22. The summed E-state index contributed by atoms with van der Waals surface area (Å²) in [7, 11) is 0. The van der Waals surface area contributed by atoms with Crippen LogP contribution >= 0.6 is 0 Å². The number of hydrogen-bond donors (Lipinski definition) is 1. The van der Waals surface area contributed by atoms with Crippen molar-refractivity contribution in [3.8, 4) is 5.69 Å². The smallest absolute Gasteiger partial charge is 0.273 e. The maximum Gasteiger partial charge on any atom is 0.273 e. The lowest BCUT2D eigenvalue weighted by molar-refractivity contribution is 0.0672. The summed E-state index contributed by atoms with van der Waals surface area (Å²) in [4.78, 5) is 19.3. The van der Waals surface area contributed by atoms with Crippen LogP contribution in [0.4, 0.5) is 4.39 Å². The van der Waals surface area contributed by atoms with E-state index >= 15 is 0 Å². The van der Waals surface area contributed by atoms with Gasteiger partial charge in [-0.3, -0.25) is 9.36 Å². The van der Waals surface area contributed by atoms with Crippen molar-refractivity contribution >= 4 is 5.91 Å². The minimum atomic E-state index is -0.293. The van der Waals surface area contributed by atoms with Crippen molar-refractivity contribution in [3.05, 3.63) is 48.3 Å². The van der Waals surface area contributed by atoms with Gasteiger partial charge in [-0.05, 0) is 50.1 Å². The molecule has 2 aliphatic heterocycles. The van der Waals surface area contributed by atoms with E-state index in [-0.39, 0.29) is 17.8 Å². The average Bonchev–Trinajstić information content (AvgIpc) is 3.11. The summed E-state index contributed by atoms with van der Waals surface area (Å²) in [5, 5.41) is 3.40. The van der Waals surface area contributed by atoms with Crippen molar-refractivity contribution in [1.29, 1.82) is 0 Å². The molecular formula is C17H19FN4O. The Kier molecular flexibility index (Phi) is 3.61. The molecule has 5 nitrogen and oxygen atoms in total. The minimum Gasteiger partial charge on any atom is -0.330 e. The number of carbonyl (C=O) groups is 1. The van der Waals surface area contributed by atoms with E-state index in [2.05, 4.69) is 10.3 Å². The molecule has 120 valence electrons. The fourth-order valence-electron chi connectivity index (χ4n) is 3.71. The van der Waals surface area contributed by atoms with Gasteiger partial charge in [0, 0.05) is 24.3 Å². The fraction of sp³-hybridized carbons (Fsp3) is 0.412. The topological polar surface area (TPSA) is 50.2 Å². The number of nitrogens with zero attached hydrogens (tertiary/aromatic N) is 3. The normalized spacial score (nSPS) is 23.8. The summed E-state index contributed by atoms with van der Waals surface area (Å²) < 4.78 is 14.9. The molecule has 4 rings (SSSR count). The highest BCUT2D eigenvalue weighted by Gasteiger charge is 2.39. The van der Waals surface area contributed by atoms with Gasteiger partial charge in [0.2, 0.25) is 0 Å². The Hall–Kier alpha value is -2.21. The number of imidazole rings is 1. The standard InChI is InChI=1S/C17H19FN4O/c18-12-1-3-13(4-2-12)21-11-20-10-16(21)17(23)22-14-5-6-15(22)9-19-8-7-14/h1-4,10-11,14-15,19H,5-9H2. The van der Waals surface area contributed by atoms with Gasteiger partial charge in [0.25, 0.3) is 5.91 Å². The number of benzene rings is 1. The predicted molar refractivity (Wildman–Crippen MR) is 84.0 cm³/mol. The van der Waals surface area contributed by atoms with Gasteiger partial charge in [0.05, 0.1) is 12.5 Å². The van der Waals surface area contributed by atoms with Gasteiger partial charge in [-0.25, -0.2) is 9.37 Å². The Morgan fingerprint density at radius 3 is 2.78 bits per heavy atom. The number of fused-ring (bicyclic) bond motifs is 2. The highest BCUT2D eigenvalue weighted by molar-refractivity contribution is 5.93. The van der Waals surface area contributed by atoms with E-state index in [1.165, 1.54) is 12.1 Å². The lowest BCUT2D eigenvalue weighted by Crippen LogP contribution is -2.43. The first kappa shape index (κ1) is 14.4. The van der Waals surface area contributed by atoms with Gasteiger partial charge >= 0.3 is 0 Å². The third-order valence-electron chi connectivity index (χ3n) is 4.85. The molecule has 1 amide bonds. The van der Waals surface area contributed by atoms with Crippen LogP contribution in [0.15, 0.2) is 36.8 Å². The van der Waals surface area contributed by atoms with E-state index < -0.39 is 0 Å². The maximum atomic E-state index is 13.1. The Morgan fingerprint density at radius 2 is 1.96 bits per heavy atom. The predicted octanol–water partition coefficient (Wildman–Crippen LogP) is 1.98. The summed E-state index contributed by atoms with van der Waals surface area (Å²) in [6.45, 7) is 1.81. The molecule has 2 aromatic rings. The first-order valence-corrected chi connectivity index (χ1v) is 8.06. The molecule has 1 N–H and O–H groups in total. The van der Waals surface area contributed by atoms with E-state index in [1.54, 1.807) is 29.2 Å². The summed E-state index contributed by atoms with van der Waals surface area (Å²) in [5.41, 5.74) is 1.28. The van der Waals surface area contributed by atoms with E-state index in [0.29, 0.717) is 11.7 Å². The molecule has 1 aromatic heterocycles. The van der Waals surface area contributed by atoms with Crippen LogP contribution in [0, 0.1) is 5.82 Å². The van der Waals surface area contributed by atoms with Crippen LogP contribution in [0.1, 0.15) is 29.8 Å². The van der Waals surface area contributed by atoms with E-state index in [0.717, 1.165) is 38.0 Å². The zero-order valence-electron chi connectivity index (χ0n) is 12.8. The highest BCUT2D eigenvalue weighted by atomic mass is 19.1. The van der Waals surface area contributed by atoms with Crippen molar-refractivity contribution in [2.75, 3.05) is 13.1 Å². The lowest BCUT2D eigenvalue weighted by atomic mass is 10.1. The summed E-state index contributed by atoms with van der Waals surface area (Å²) >= 11 is 0. The molecule has 6 heteroatoms. The molecule has 0 radical (unpaired) electrons. The lowest BCUT2D eigenvalue weighted by Gasteiger charge is -2.28. The number of aromatic nitrogens is 2. The van der Waals surface area contributed by atoms with Crippen LogP contribution < -0.4 is 5.32 Å². The van der Waals surface area contributed by atoms with Crippen LogP contribution in [0.2, 0.25) is 0 Å². The largest absolute Gasteiger partial charge is 0.330 e. The first-order chi connectivity index (χ1) is 11.2. The van der Waals surface area contributed by atoms with E-state index in [1.807, 2.05) is 4.90 Å². The fourth-order valence-corrected chi connectivity index (χ4v) is 3.71. The SMILES string of the molecule is O=C(c1cncn1-c1ccc(F)cc1)N1C2CCNCC1CC2. The van der Waals surface area contributed by atoms with Crippen LogP contribution in [0.25, 0.3) is 5.69 Å². The Labute approximate surface area is 134 Å². The number of halogens is 1. The Balaban J connectivity index is 1.67. The molecule has 0 aliphatic carbocycles. The second kappa shape index (κ2) is 5.77. The van der Waals surface area contributed by atoms with Crippen LogP contribution in [0.3, 0.4) is 0 Å². The van der Waals surface area contributed by atoms with Crippen molar-refractivity contribution < 1.29 is 9.18 Å². The number of nitrogens with one attached hydrogen (secondary N) is 1. The van der Waals surface area contributed by atoms with Gasteiger partial charge in [-0.1, -0.05) is 0 Å². The molecule has 23 heavy (non-hydrogen) atoms.